The molecule has 10 heteroatoms. The molecular formula is C22H20F5N5. The Hall–Kier alpha value is -3.30. The highest BCUT2D eigenvalue weighted by molar-refractivity contribution is 5.53. The number of nitrogens with zero attached hydrogens (tertiary/aromatic N) is 4. The number of alkyl halides is 3. The molecule has 168 valence electrons. The number of pyridine rings is 1. The molecule has 0 bridgehead atoms. The van der Waals surface area contributed by atoms with Crippen molar-refractivity contribution < 1.29 is 22.0 Å². The third-order valence-corrected chi connectivity index (χ3v) is 5.42. The van der Waals surface area contributed by atoms with Gasteiger partial charge >= 0.3 is 6.18 Å². The minimum atomic E-state index is -4.64. The van der Waals surface area contributed by atoms with Crippen molar-refractivity contribution in [3.63, 3.8) is 0 Å². The third-order valence-electron chi connectivity index (χ3n) is 5.42. The van der Waals surface area contributed by atoms with E-state index < -0.39 is 29.4 Å². The second-order valence-electron chi connectivity index (χ2n) is 7.61. The van der Waals surface area contributed by atoms with E-state index in [9.17, 15) is 17.6 Å². The summed E-state index contributed by atoms with van der Waals surface area (Å²) in [6.07, 6.45) is -0.685. The Morgan fingerprint density at radius 1 is 1.09 bits per heavy atom. The molecule has 2 aromatic heterocycles. The molecule has 1 aliphatic rings. The topological polar surface area (TPSA) is 53.9 Å². The summed E-state index contributed by atoms with van der Waals surface area (Å²) in [6.45, 7) is 2.54. The minimum Gasteiger partial charge on any atom is -0.363 e. The fraction of sp³-hybridized carbons (Fsp3) is 0.318. The van der Waals surface area contributed by atoms with Gasteiger partial charge in [-0.3, -0.25) is 4.98 Å². The first-order valence-corrected chi connectivity index (χ1v) is 10.0. The SMILES string of the molecule is Cc1ccc(CNc2ncnc(N3CCCC3c3ccc(C(F)(F)F)cc3F)c2F)cn1. The largest absolute Gasteiger partial charge is 0.416 e. The van der Waals surface area contributed by atoms with Crippen LogP contribution in [0.3, 0.4) is 0 Å². The third kappa shape index (κ3) is 4.49. The van der Waals surface area contributed by atoms with E-state index in [1.807, 2.05) is 19.1 Å². The van der Waals surface area contributed by atoms with Crippen molar-refractivity contribution >= 4 is 11.6 Å². The molecule has 0 radical (unpaired) electrons. The molecule has 0 saturated carbocycles. The molecule has 1 atom stereocenters. The van der Waals surface area contributed by atoms with Gasteiger partial charge in [-0.25, -0.2) is 14.4 Å². The lowest BCUT2D eigenvalue weighted by Gasteiger charge is -2.27. The fourth-order valence-corrected chi connectivity index (χ4v) is 3.79. The number of aryl methyl sites for hydroxylation is 1. The summed E-state index contributed by atoms with van der Waals surface area (Å²) in [4.78, 5) is 13.7. The number of aromatic nitrogens is 3. The molecule has 5 nitrogen and oxygen atoms in total. The number of nitrogens with one attached hydrogen (secondary N) is 1. The van der Waals surface area contributed by atoms with E-state index in [1.165, 1.54) is 6.33 Å². The fourth-order valence-electron chi connectivity index (χ4n) is 3.79. The number of hydrogen-bond acceptors (Lipinski definition) is 5. The molecule has 0 spiro atoms. The summed E-state index contributed by atoms with van der Waals surface area (Å²) in [5, 5.41) is 2.91. The molecule has 4 rings (SSSR count). The van der Waals surface area contributed by atoms with Crippen molar-refractivity contribution in [1.82, 2.24) is 15.0 Å². The highest BCUT2D eigenvalue weighted by Gasteiger charge is 2.35. The van der Waals surface area contributed by atoms with Crippen molar-refractivity contribution in [1.29, 1.82) is 0 Å². The smallest absolute Gasteiger partial charge is 0.363 e. The van der Waals surface area contributed by atoms with Crippen molar-refractivity contribution in [2.75, 3.05) is 16.8 Å². The van der Waals surface area contributed by atoms with E-state index in [4.69, 9.17) is 0 Å². The van der Waals surface area contributed by atoms with Gasteiger partial charge in [0.2, 0.25) is 5.82 Å². The monoisotopic (exact) mass is 449 g/mol. The maximum Gasteiger partial charge on any atom is 0.416 e. The Morgan fingerprint density at radius 2 is 1.91 bits per heavy atom. The zero-order valence-corrected chi connectivity index (χ0v) is 17.1. The summed E-state index contributed by atoms with van der Waals surface area (Å²) in [6, 6.07) is 5.50. The molecule has 32 heavy (non-hydrogen) atoms. The van der Waals surface area contributed by atoms with Gasteiger partial charge in [-0.05, 0) is 43.5 Å². The van der Waals surface area contributed by atoms with Gasteiger partial charge in [-0.2, -0.15) is 17.6 Å². The Bertz CT molecular complexity index is 1100. The Labute approximate surface area is 181 Å². The summed E-state index contributed by atoms with van der Waals surface area (Å²) in [5.41, 5.74) is 0.711. The first kappa shape index (κ1) is 21.9. The average molecular weight is 449 g/mol. The van der Waals surface area contributed by atoms with Gasteiger partial charge in [-0.15, -0.1) is 0 Å². The van der Waals surface area contributed by atoms with Crippen molar-refractivity contribution in [3.05, 3.63) is 76.9 Å². The van der Waals surface area contributed by atoms with Crippen LogP contribution in [0.4, 0.5) is 33.6 Å². The Balaban J connectivity index is 1.58. The van der Waals surface area contributed by atoms with Crippen LogP contribution >= 0.6 is 0 Å². The molecule has 1 unspecified atom stereocenters. The van der Waals surface area contributed by atoms with Crippen LogP contribution in [0.15, 0.2) is 42.9 Å². The van der Waals surface area contributed by atoms with Crippen molar-refractivity contribution in [2.45, 2.75) is 38.5 Å². The standard InChI is InChI=1S/C22H20F5N5/c1-13-4-5-14(10-28-13)11-29-20-19(24)21(31-12-30-20)32-8-2-3-18(32)16-7-6-15(9-17(16)23)22(25,26)27/h4-7,9-10,12,18H,2-3,8,11H2,1H3,(H,29,30,31). The van der Waals surface area contributed by atoms with Gasteiger partial charge in [0.1, 0.15) is 12.1 Å². The van der Waals surface area contributed by atoms with Crippen LogP contribution in [0.25, 0.3) is 0 Å². The highest BCUT2D eigenvalue weighted by Crippen LogP contribution is 2.39. The maximum atomic E-state index is 15.2. The molecule has 3 heterocycles. The molecule has 1 fully saturated rings. The number of hydrogen-bond donors (Lipinski definition) is 1. The maximum absolute atomic E-state index is 15.2. The number of anilines is 2. The van der Waals surface area contributed by atoms with Gasteiger partial charge in [0, 0.05) is 30.5 Å². The van der Waals surface area contributed by atoms with Crippen LogP contribution in [-0.4, -0.2) is 21.5 Å². The lowest BCUT2D eigenvalue weighted by Crippen LogP contribution is -2.26. The van der Waals surface area contributed by atoms with E-state index >= 15 is 4.39 Å². The predicted octanol–water partition coefficient (Wildman–Crippen LogP) is 5.43. The van der Waals surface area contributed by atoms with Crippen LogP contribution in [0.5, 0.6) is 0 Å². The zero-order valence-electron chi connectivity index (χ0n) is 17.1. The average Bonchev–Trinajstić information content (AvgIpc) is 3.23. The Kier molecular flexibility index (Phi) is 5.94. The molecule has 1 N–H and O–H groups in total. The van der Waals surface area contributed by atoms with Crippen LogP contribution in [0.2, 0.25) is 0 Å². The number of rotatable bonds is 5. The highest BCUT2D eigenvalue weighted by atomic mass is 19.4. The second kappa shape index (κ2) is 8.68. The predicted molar refractivity (Wildman–Crippen MR) is 109 cm³/mol. The first-order chi connectivity index (χ1) is 15.2. The molecular weight excluding hydrogens is 429 g/mol. The second-order valence-corrected chi connectivity index (χ2v) is 7.61. The van der Waals surface area contributed by atoms with Gasteiger partial charge in [0.15, 0.2) is 11.6 Å². The summed E-state index contributed by atoms with van der Waals surface area (Å²) in [7, 11) is 0. The van der Waals surface area contributed by atoms with E-state index in [0.29, 0.717) is 25.5 Å². The molecule has 3 aromatic rings. The molecule has 1 aromatic carbocycles. The normalized spacial score (nSPS) is 16.4. The van der Waals surface area contributed by atoms with Crippen molar-refractivity contribution in [2.24, 2.45) is 0 Å². The van der Waals surface area contributed by atoms with Crippen LogP contribution in [0.1, 0.15) is 41.3 Å². The first-order valence-electron chi connectivity index (χ1n) is 10.0. The number of benzene rings is 1. The molecule has 1 saturated heterocycles. The van der Waals surface area contributed by atoms with E-state index in [0.717, 1.165) is 23.4 Å². The number of halogens is 5. The van der Waals surface area contributed by atoms with Gasteiger partial charge in [-0.1, -0.05) is 12.1 Å². The molecule has 1 aliphatic heterocycles. The molecule has 0 amide bonds. The zero-order chi connectivity index (χ0) is 22.9. The van der Waals surface area contributed by atoms with Gasteiger partial charge < -0.3 is 10.2 Å². The van der Waals surface area contributed by atoms with Gasteiger partial charge in [0.25, 0.3) is 0 Å². The van der Waals surface area contributed by atoms with E-state index in [2.05, 4.69) is 20.3 Å². The molecule has 0 aliphatic carbocycles. The van der Waals surface area contributed by atoms with E-state index in [1.54, 1.807) is 11.1 Å². The summed E-state index contributed by atoms with van der Waals surface area (Å²) < 4.78 is 68.4. The van der Waals surface area contributed by atoms with E-state index in [-0.39, 0.29) is 23.7 Å². The Morgan fingerprint density at radius 3 is 2.59 bits per heavy atom. The van der Waals surface area contributed by atoms with Crippen molar-refractivity contribution in [3.8, 4) is 0 Å². The van der Waals surface area contributed by atoms with Crippen LogP contribution in [-0.2, 0) is 12.7 Å². The summed E-state index contributed by atoms with van der Waals surface area (Å²) in [5.74, 6) is -1.72. The van der Waals surface area contributed by atoms with Crippen LogP contribution in [0, 0.1) is 18.6 Å². The quantitative estimate of drug-likeness (QED) is 0.527. The van der Waals surface area contributed by atoms with Gasteiger partial charge in [0.05, 0.1) is 11.6 Å². The lowest BCUT2D eigenvalue weighted by atomic mass is 10.0. The van der Waals surface area contributed by atoms with Crippen LogP contribution < -0.4 is 10.2 Å². The minimum absolute atomic E-state index is 0.0193. The summed E-state index contributed by atoms with van der Waals surface area (Å²) >= 11 is 0. The lowest BCUT2D eigenvalue weighted by molar-refractivity contribution is -0.137.